The number of hydrogen-bond donors (Lipinski definition) is 2. The molecule has 2 amide bonds. The highest BCUT2D eigenvalue weighted by Crippen LogP contribution is 2.52. The average Bonchev–Trinajstić information content (AvgIpc) is 3.32. The molecule has 2 saturated carbocycles. The highest BCUT2D eigenvalue weighted by molar-refractivity contribution is 7.17. The number of fused-ring (bicyclic) bond motifs is 3. The zero-order chi connectivity index (χ0) is 19.3. The first kappa shape index (κ1) is 18.5. The maximum Gasteiger partial charge on any atom is 0.251 e. The molecule has 3 aliphatic rings. The fourth-order valence-corrected chi connectivity index (χ4v) is 6.92. The summed E-state index contributed by atoms with van der Waals surface area (Å²) in [5.74, 6) is -2.53. The van der Waals surface area contributed by atoms with Gasteiger partial charge in [-0.15, -0.1) is 11.3 Å². The molecule has 2 fully saturated rings. The van der Waals surface area contributed by atoms with Crippen LogP contribution in [0.3, 0.4) is 0 Å². The molecule has 146 valence electrons. The molecule has 5 atom stereocenters. The van der Waals surface area contributed by atoms with Crippen LogP contribution in [-0.4, -0.2) is 17.8 Å². The zero-order valence-electron chi connectivity index (χ0n) is 15.5. The summed E-state index contributed by atoms with van der Waals surface area (Å²) >= 11 is 1.43. The Balaban J connectivity index is 1.61. The summed E-state index contributed by atoms with van der Waals surface area (Å²) in [6.45, 7) is 2.16. The Hall–Kier alpha value is -1.89. The van der Waals surface area contributed by atoms with Gasteiger partial charge in [0.25, 0.3) is 5.91 Å². The second-order valence-corrected chi connectivity index (χ2v) is 9.39. The average molecular weight is 389 g/mol. The number of rotatable bonds is 5. The smallest absolute Gasteiger partial charge is 0.251 e. The van der Waals surface area contributed by atoms with Crippen molar-refractivity contribution in [3.8, 4) is 0 Å². The summed E-state index contributed by atoms with van der Waals surface area (Å²) in [5, 5.41) is 15.0. The number of carbonyl (C=O) groups excluding carboxylic acids is 3. The van der Waals surface area contributed by atoms with E-state index < -0.39 is 23.7 Å². The van der Waals surface area contributed by atoms with Crippen molar-refractivity contribution in [2.75, 3.05) is 5.32 Å². The van der Waals surface area contributed by atoms with E-state index in [-0.39, 0.29) is 17.7 Å². The number of primary amides is 1. The fourth-order valence-electron chi connectivity index (χ4n) is 5.55. The molecule has 0 saturated heterocycles. The summed E-state index contributed by atoms with van der Waals surface area (Å²) in [4.78, 5) is 37.8. The molecule has 7 heteroatoms. The molecule has 3 N–H and O–H groups in total. The normalized spacial score (nSPS) is 31.5. The number of nitrogens with one attached hydrogen (secondary N) is 1. The molecule has 2 bridgehead atoms. The van der Waals surface area contributed by atoms with E-state index in [0.29, 0.717) is 16.5 Å². The number of carboxylic acids is 1. The molecule has 27 heavy (non-hydrogen) atoms. The van der Waals surface area contributed by atoms with Crippen molar-refractivity contribution >= 4 is 34.1 Å². The zero-order valence-corrected chi connectivity index (χ0v) is 16.3. The predicted molar refractivity (Wildman–Crippen MR) is 100 cm³/mol. The molecule has 0 aromatic carbocycles. The van der Waals surface area contributed by atoms with Crippen LogP contribution >= 0.6 is 11.3 Å². The van der Waals surface area contributed by atoms with Gasteiger partial charge in [-0.05, 0) is 61.8 Å². The highest BCUT2D eigenvalue weighted by Gasteiger charge is 2.51. The number of amides is 2. The van der Waals surface area contributed by atoms with Crippen molar-refractivity contribution in [1.82, 2.24) is 0 Å². The Morgan fingerprint density at radius 1 is 1.19 bits per heavy atom. The van der Waals surface area contributed by atoms with E-state index in [4.69, 9.17) is 5.73 Å². The van der Waals surface area contributed by atoms with Gasteiger partial charge >= 0.3 is 0 Å². The second kappa shape index (κ2) is 6.93. The highest BCUT2D eigenvalue weighted by atomic mass is 32.1. The Morgan fingerprint density at radius 3 is 2.52 bits per heavy atom. The van der Waals surface area contributed by atoms with Gasteiger partial charge in [0.1, 0.15) is 5.00 Å². The lowest BCUT2D eigenvalue weighted by Crippen LogP contribution is -2.44. The van der Waals surface area contributed by atoms with Gasteiger partial charge in [0.05, 0.1) is 5.56 Å². The minimum absolute atomic E-state index is 0.0354. The second-order valence-electron chi connectivity index (χ2n) is 8.28. The van der Waals surface area contributed by atoms with Crippen LogP contribution in [0.4, 0.5) is 5.00 Å². The third kappa shape index (κ3) is 3.06. The van der Waals surface area contributed by atoms with Crippen LogP contribution in [0.15, 0.2) is 0 Å². The van der Waals surface area contributed by atoms with Crippen molar-refractivity contribution < 1.29 is 19.5 Å². The van der Waals surface area contributed by atoms with Crippen LogP contribution in [0.2, 0.25) is 0 Å². The van der Waals surface area contributed by atoms with E-state index >= 15 is 0 Å². The quantitative estimate of drug-likeness (QED) is 0.798. The minimum atomic E-state index is -1.13. The van der Waals surface area contributed by atoms with Gasteiger partial charge in [-0.1, -0.05) is 13.3 Å². The van der Waals surface area contributed by atoms with E-state index in [2.05, 4.69) is 12.2 Å². The first-order chi connectivity index (χ1) is 12.9. The summed E-state index contributed by atoms with van der Waals surface area (Å²) in [6, 6.07) is 0. The van der Waals surface area contributed by atoms with E-state index in [0.717, 1.165) is 55.4 Å². The summed E-state index contributed by atoms with van der Waals surface area (Å²) < 4.78 is 0. The number of nitrogens with two attached hydrogens (primary N) is 1. The maximum atomic E-state index is 13.0. The van der Waals surface area contributed by atoms with Crippen molar-refractivity contribution in [3.05, 3.63) is 16.0 Å². The molecule has 0 aliphatic heterocycles. The van der Waals surface area contributed by atoms with Crippen LogP contribution in [0.1, 0.15) is 59.8 Å². The summed E-state index contributed by atoms with van der Waals surface area (Å²) in [6.07, 6.45) is 6.32. The Morgan fingerprint density at radius 2 is 1.89 bits per heavy atom. The molecule has 1 heterocycles. The number of carbonyl (C=O) groups is 3. The third-order valence-electron chi connectivity index (χ3n) is 6.92. The molecular weight excluding hydrogens is 364 g/mol. The van der Waals surface area contributed by atoms with Crippen LogP contribution in [0.25, 0.3) is 0 Å². The summed E-state index contributed by atoms with van der Waals surface area (Å²) in [5.41, 5.74) is 7.02. The molecule has 0 radical (unpaired) electrons. The number of aliphatic carboxylic acids is 1. The van der Waals surface area contributed by atoms with Crippen LogP contribution in [-0.2, 0) is 22.4 Å². The summed E-state index contributed by atoms with van der Waals surface area (Å²) in [7, 11) is 0. The van der Waals surface area contributed by atoms with E-state index in [1.54, 1.807) is 0 Å². The van der Waals surface area contributed by atoms with Crippen molar-refractivity contribution in [2.24, 2.45) is 35.3 Å². The van der Waals surface area contributed by atoms with Crippen molar-refractivity contribution in [1.29, 1.82) is 0 Å². The van der Waals surface area contributed by atoms with Gasteiger partial charge in [-0.25, -0.2) is 0 Å². The van der Waals surface area contributed by atoms with E-state index in [1.807, 2.05) is 0 Å². The van der Waals surface area contributed by atoms with Crippen LogP contribution in [0.5, 0.6) is 0 Å². The largest absolute Gasteiger partial charge is 0.550 e. The minimum Gasteiger partial charge on any atom is -0.550 e. The van der Waals surface area contributed by atoms with Gasteiger partial charge < -0.3 is 21.0 Å². The first-order valence-electron chi connectivity index (χ1n) is 9.86. The lowest BCUT2D eigenvalue weighted by Gasteiger charge is -2.30. The fraction of sp³-hybridized carbons (Fsp3) is 0.650. The Labute approximate surface area is 162 Å². The lowest BCUT2D eigenvalue weighted by atomic mass is 9.78. The van der Waals surface area contributed by atoms with Crippen LogP contribution in [0, 0.1) is 29.6 Å². The molecule has 1 aromatic rings. The van der Waals surface area contributed by atoms with Gasteiger partial charge in [-0.3, -0.25) is 9.59 Å². The topological polar surface area (TPSA) is 112 Å². The Bertz CT molecular complexity index is 802. The lowest BCUT2D eigenvalue weighted by molar-refractivity contribution is -0.314. The molecule has 0 spiro atoms. The number of thiophene rings is 1. The van der Waals surface area contributed by atoms with E-state index in [9.17, 15) is 19.5 Å². The van der Waals surface area contributed by atoms with Crippen LogP contribution < -0.4 is 16.2 Å². The van der Waals surface area contributed by atoms with Crippen molar-refractivity contribution in [3.63, 3.8) is 0 Å². The molecular formula is C20H25N2O4S-. The third-order valence-corrected chi connectivity index (χ3v) is 8.09. The van der Waals surface area contributed by atoms with Gasteiger partial charge in [0.2, 0.25) is 5.91 Å². The number of carboxylic acid groups (broad SMARTS) is 1. The number of hydrogen-bond acceptors (Lipinski definition) is 5. The predicted octanol–water partition coefficient (Wildman–Crippen LogP) is 1.71. The Kier molecular flexibility index (Phi) is 4.74. The molecule has 6 nitrogen and oxygen atoms in total. The van der Waals surface area contributed by atoms with Gasteiger partial charge in [-0.2, -0.15) is 0 Å². The van der Waals surface area contributed by atoms with Crippen molar-refractivity contribution in [2.45, 2.75) is 51.9 Å². The first-order valence-corrected chi connectivity index (χ1v) is 10.7. The standard InChI is InChI=1S/C20H26N2O4S/c1-2-9-3-6-12-13(7-9)27-19(16(12)17(21)23)22-18(24)14-10-4-5-11(8-10)15(14)20(25)26/h9-11,14-15H,2-8H2,1H3,(H2,21,23)(H,22,24)(H,25,26)/p-1/t9-,10-,11-,14+,15+/m1/s1. The monoisotopic (exact) mass is 389 g/mol. The van der Waals surface area contributed by atoms with Gasteiger partial charge in [0, 0.05) is 22.7 Å². The molecule has 4 rings (SSSR count). The maximum absolute atomic E-state index is 13.0. The molecule has 1 aromatic heterocycles. The molecule has 3 aliphatic carbocycles. The van der Waals surface area contributed by atoms with E-state index in [1.165, 1.54) is 11.3 Å². The van der Waals surface area contributed by atoms with Gasteiger partial charge in [0.15, 0.2) is 0 Å². The number of anilines is 1. The molecule has 0 unspecified atom stereocenters. The SMILES string of the molecule is CC[C@@H]1CCc2c(sc(NC(=O)[C@H]3[C@@H]4CC[C@H](C4)[C@@H]3C(=O)[O-])c2C(N)=O)C1.